The Morgan fingerprint density at radius 1 is 1.10 bits per heavy atom. The number of likely N-dealkylation sites (tertiary alicyclic amines) is 1. The molecule has 0 bridgehead atoms. The van der Waals surface area contributed by atoms with Gasteiger partial charge in [0.25, 0.3) is 0 Å². The van der Waals surface area contributed by atoms with E-state index in [9.17, 15) is 18.0 Å². The van der Waals surface area contributed by atoms with E-state index >= 15 is 0 Å². The molecule has 1 fully saturated rings. The van der Waals surface area contributed by atoms with Gasteiger partial charge in [0.1, 0.15) is 11.9 Å². The van der Waals surface area contributed by atoms with Crippen molar-refractivity contribution in [2.24, 2.45) is 0 Å². The van der Waals surface area contributed by atoms with Crippen LogP contribution in [0.3, 0.4) is 0 Å². The number of rotatable bonds is 6. The van der Waals surface area contributed by atoms with Gasteiger partial charge in [0.2, 0.25) is 6.10 Å². The van der Waals surface area contributed by atoms with Gasteiger partial charge in [-0.3, -0.25) is 10.2 Å². The molecular formula is C21H21Cl2F3N2O3. The molecule has 5 nitrogen and oxygen atoms in total. The second-order valence-electron chi connectivity index (χ2n) is 7.16. The molecule has 0 saturated carbocycles. The average molecular weight is 477 g/mol. The smallest absolute Gasteiger partial charge is 0.426 e. The highest BCUT2D eigenvalue weighted by Gasteiger charge is 2.44. The number of ether oxygens (including phenoxy) is 2. The Bertz CT molecular complexity index is 864. The molecule has 3 rings (SSSR count). The van der Waals surface area contributed by atoms with E-state index in [2.05, 4.69) is 5.32 Å². The zero-order valence-electron chi connectivity index (χ0n) is 16.4. The number of carbonyl (C=O) groups excluding carboxylic acids is 1. The summed E-state index contributed by atoms with van der Waals surface area (Å²) in [6.45, 7) is 0.268. The minimum Gasteiger partial charge on any atom is -0.489 e. The zero-order chi connectivity index (χ0) is 22.4. The van der Waals surface area contributed by atoms with Crippen LogP contribution in [-0.4, -0.2) is 49.0 Å². The third kappa shape index (κ3) is 7.48. The van der Waals surface area contributed by atoms with E-state index in [1.54, 1.807) is 29.2 Å². The third-order valence-corrected chi connectivity index (χ3v) is 5.21. The first-order valence-corrected chi connectivity index (χ1v) is 10.4. The topological polar surface area (TPSA) is 50.8 Å². The molecule has 1 aliphatic heterocycles. The lowest BCUT2D eigenvalue weighted by atomic mass is 10.1. The quantitative estimate of drug-likeness (QED) is 0.553. The highest BCUT2D eigenvalue weighted by Crippen LogP contribution is 2.27. The summed E-state index contributed by atoms with van der Waals surface area (Å²) in [5, 5.41) is 3.29. The first kappa shape index (κ1) is 23.5. The van der Waals surface area contributed by atoms with Gasteiger partial charge in [-0.15, -0.1) is 0 Å². The van der Waals surface area contributed by atoms with Crippen molar-refractivity contribution in [2.45, 2.75) is 31.2 Å². The van der Waals surface area contributed by atoms with Crippen LogP contribution in [0.4, 0.5) is 23.7 Å². The number of halogens is 5. The number of hydrogen-bond donors (Lipinski definition) is 1. The molecule has 0 radical (unpaired) electrons. The lowest BCUT2D eigenvalue weighted by Crippen LogP contribution is -2.49. The monoisotopic (exact) mass is 476 g/mol. The maximum Gasteiger partial charge on any atom is 0.426 e. The molecule has 2 unspecified atom stereocenters. The summed E-state index contributed by atoms with van der Waals surface area (Å²) in [5.74, 6) is 0.599. The van der Waals surface area contributed by atoms with Crippen LogP contribution in [0, 0.1) is 0 Å². The van der Waals surface area contributed by atoms with Crippen molar-refractivity contribution in [3.8, 4) is 5.75 Å². The predicted molar refractivity (Wildman–Crippen MR) is 113 cm³/mol. The van der Waals surface area contributed by atoms with Gasteiger partial charge in [-0.1, -0.05) is 23.2 Å². The zero-order valence-corrected chi connectivity index (χ0v) is 17.9. The van der Waals surface area contributed by atoms with Crippen molar-refractivity contribution in [1.29, 1.82) is 0 Å². The first-order chi connectivity index (χ1) is 14.7. The van der Waals surface area contributed by atoms with Crippen molar-refractivity contribution in [3.63, 3.8) is 0 Å². The molecule has 1 aliphatic rings. The molecule has 1 saturated heterocycles. The Hall–Kier alpha value is -2.16. The number of piperidine rings is 1. The van der Waals surface area contributed by atoms with Crippen molar-refractivity contribution in [2.75, 3.05) is 25.0 Å². The summed E-state index contributed by atoms with van der Waals surface area (Å²) in [4.78, 5) is 13.6. The van der Waals surface area contributed by atoms with E-state index in [4.69, 9.17) is 32.7 Å². The van der Waals surface area contributed by atoms with Gasteiger partial charge in [0.15, 0.2) is 0 Å². The standard InChI is InChI=1S/C21H21Cl2F3N2O3/c22-14-3-7-16(8-4-14)27-20(29)31-19(21(24,25)26)13-28-11-1-2-18(12-28)30-17-9-5-15(23)6-10-17/h3-10,18-19H,1-2,11-13H2,(H,27,29). The summed E-state index contributed by atoms with van der Waals surface area (Å²) < 4.78 is 51.1. The maximum absolute atomic E-state index is 13.5. The Kier molecular flexibility index (Phi) is 7.91. The molecule has 2 aromatic rings. The van der Waals surface area contributed by atoms with Gasteiger partial charge in [0.05, 0.1) is 0 Å². The largest absolute Gasteiger partial charge is 0.489 e. The second-order valence-corrected chi connectivity index (χ2v) is 8.04. The molecule has 0 spiro atoms. The van der Waals surface area contributed by atoms with Crippen molar-refractivity contribution in [1.82, 2.24) is 4.90 Å². The summed E-state index contributed by atoms with van der Waals surface area (Å²) in [7, 11) is 0. The molecule has 31 heavy (non-hydrogen) atoms. The van der Waals surface area contributed by atoms with E-state index in [-0.39, 0.29) is 18.3 Å². The van der Waals surface area contributed by atoms with E-state index in [1.807, 2.05) is 0 Å². The molecular weight excluding hydrogens is 456 g/mol. The van der Waals surface area contributed by atoms with Crippen LogP contribution >= 0.6 is 23.2 Å². The van der Waals surface area contributed by atoms with Crippen molar-refractivity contribution >= 4 is 35.0 Å². The summed E-state index contributed by atoms with van der Waals surface area (Å²) in [6.07, 6.45) is -7.05. The Balaban J connectivity index is 1.57. The van der Waals surface area contributed by atoms with Gasteiger partial charge in [0, 0.05) is 28.8 Å². The molecule has 2 atom stereocenters. The minimum atomic E-state index is -4.71. The summed E-state index contributed by atoms with van der Waals surface area (Å²) in [5.41, 5.74) is 0.282. The number of nitrogens with one attached hydrogen (secondary N) is 1. The SMILES string of the molecule is O=C(Nc1ccc(Cl)cc1)OC(CN1CCCC(Oc2ccc(Cl)cc2)C1)C(F)(F)F. The van der Waals surface area contributed by atoms with Crippen molar-refractivity contribution < 1.29 is 27.4 Å². The molecule has 10 heteroatoms. The van der Waals surface area contributed by atoms with Gasteiger partial charge < -0.3 is 9.47 Å². The first-order valence-electron chi connectivity index (χ1n) is 9.63. The highest BCUT2D eigenvalue weighted by molar-refractivity contribution is 6.30. The highest BCUT2D eigenvalue weighted by atomic mass is 35.5. The maximum atomic E-state index is 13.5. The number of carbonyl (C=O) groups is 1. The van der Waals surface area contributed by atoms with Crippen LogP contribution in [0.1, 0.15) is 12.8 Å². The number of anilines is 1. The van der Waals surface area contributed by atoms with Gasteiger partial charge >= 0.3 is 12.3 Å². The molecule has 0 aromatic heterocycles. The fourth-order valence-electron chi connectivity index (χ4n) is 3.23. The minimum absolute atomic E-state index is 0.272. The van der Waals surface area contributed by atoms with E-state index in [1.165, 1.54) is 24.3 Å². The van der Waals surface area contributed by atoms with E-state index in [0.29, 0.717) is 35.2 Å². The fraction of sp³-hybridized carbons (Fsp3) is 0.381. The molecule has 1 heterocycles. The second kappa shape index (κ2) is 10.4. The lowest BCUT2D eigenvalue weighted by molar-refractivity contribution is -0.207. The van der Waals surface area contributed by atoms with Crippen molar-refractivity contribution in [3.05, 3.63) is 58.6 Å². The normalized spacial score (nSPS) is 18.3. The number of hydrogen-bond acceptors (Lipinski definition) is 4. The molecule has 168 valence electrons. The number of amides is 1. The van der Waals surface area contributed by atoms with E-state index < -0.39 is 24.9 Å². The van der Waals surface area contributed by atoms with Crippen LogP contribution in [0.25, 0.3) is 0 Å². The van der Waals surface area contributed by atoms with Crippen LogP contribution in [0.5, 0.6) is 5.75 Å². The molecule has 2 aromatic carbocycles. The van der Waals surface area contributed by atoms with Gasteiger partial charge in [-0.25, -0.2) is 4.79 Å². The predicted octanol–water partition coefficient (Wildman–Crippen LogP) is 6.02. The lowest BCUT2D eigenvalue weighted by Gasteiger charge is -2.35. The molecule has 1 N–H and O–H groups in total. The Labute approximate surface area is 188 Å². The summed E-state index contributed by atoms with van der Waals surface area (Å²) >= 11 is 11.6. The van der Waals surface area contributed by atoms with Crippen LogP contribution < -0.4 is 10.1 Å². The Morgan fingerprint density at radius 2 is 1.71 bits per heavy atom. The average Bonchev–Trinajstić information content (AvgIpc) is 2.71. The number of benzene rings is 2. The molecule has 1 amide bonds. The third-order valence-electron chi connectivity index (χ3n) is 4.71. The summed E-state index contributed by atoms with van der Waals surface area (Å²) in [6, 6.07) is 12.7. The molecule has 0 aliphatic carbocycles. The van der Waals surface area contributed by atoms with Gasteiger partial charge in [-0.2, -0.15) is 13.2 Å². The van der Waals surface area contributed by atoms with Gasteiger partial charge in [-0.05, 0) is 67.9 Å². The number of nitrogens with zero attached hydrogens (tertiary/aromatic N) is 1. The Morgan fingerprint density at radius 3 is 2.32 bits per heavy atom. The van der Waals surface area contributed by atoms with E-state index in [0.717, 1.165) is 0 Å². The van der Waals surface area contributed by atoms with Crippen LogP contribution in [0.2, 0.25) is 10.0 Å². The fourth-order valence-corrected chi connectivity index (χ4v) is 3.48. The van der Waals surface area contributed by atoms with Crippen LogP contribution in [-0.2, 0) is 4.74 Å². The number of alkyl halides is 3. The van der Waals surface area contributed by atoms with Crippen LogP contribution in [0.15, 0.2) is 48.5 Å².